The van der Waals surface area contributed by atoms with Crippen LogP contribution in [0.25, 0.3) is 32.3 Å². The molecule has 0 heterocycles. The fourth-order valence-electron chi connectivity index (χ4n) is 3.81. The molecule has 1 amide bonds. The molecule has 0 aliphatic carbocycles. The Balaban J connectivity index is 1.50. The van der Waals surface area contributed by atoms with Crippen molar-refractivity contribution >= 4 is 44.2 Å². The molecule has 0 atom stereocenters. The van der Waals surface area contributed by atoms with Crippen LogP contribution in [0.15, 0.2) is 54.6 Å². The van der Waals surface area contributed by atoms with E-state index in [0.717, 1.165) is 12.8 Å². The number of rotatable bonds is 7. The molecule has 4 rings (SSSR count). The maximum absolute atomic E-state index is 11.8. The van der Waals surface area contributed by atoms with Crippen molar-refractivity contribution in [3.63, 3.8) is 0 Å². The van der Waals surface area contributed by atoms with Crippen LogP contribution in [0.2, 0.25) is 0 Å². The van der Waals surface area contributed by atoms with E-state index in [1.807, 2.05) is 0 Å². The van der Waals surface area contributed by atoms with Crippen LogP contribution < -0.4 is 5.32 Å². The minimum Gasteiger partial charge on any atom is -0.481 e. The summed E-state index contributed by atoms with van der Waals surface area (Å²) in [6.07, 6.45) is 1.93. The van der Waals surface area contributed by atoms with E-state index in [9.17, 15) is 9.59 Å². The summed E-state index contributed by atoms with van der Waals surface area (Å²) in [5.41, 5.74) is 1.22. The Kier molecular flexibility index (Phi) is 4.63. The number of carboxylic acids is 1. The van der Waals surface area contributed by atoms with Crippen molar-refractivity contribution in [3.8, 4) is 0 Å². The Morgan fingerprint density at radius 2 is 1.41 bits per heavy atom. The van der Waals surface area contributed by atoms with Crippen molar-refractivity contribution < 1.29 is 14.7 Å². The number of nitrogens with one attached hydrogen (secondary N) is 1. The zero-order chi connectivity index (χ0) is 18.8. The molecular formula is C23H21NO3. The minimum absolute atomic E-state index is 0.0396. The number of hydrogen-bond acceptors (Lipinski definition) is 2. The van der Waals surface area contributed by atoms with Gasteiger partial charge in [0.05, 0.1) is 6.42 Å². The molecule has 4 heteroatoms. The predicted octanol–water partition coefficient (Wildman–Crippen LogP) is 4.50. The zero-order valence-electron chi connectivity index (χ0n) is 15.0. The van der Waals surface area contributed by atoms with Crippen LogP contribution in [0.5, 0.6) is 0 Å². The lowest BCUT2D eigenvalue weighted by atomic mass is 9.92. The van der Waals surface area contributed by atoms with Gasteiger partial charge in [0.25, 0.3) is 0 Å². The Morgan fingerprint density at radius 3 is 2.04 bits per heavy atom. The summed E-state index contributed by atoms with van der Waals surface area (Å²) < 4.78 is 0. The van der Waals surface area contributed by atoms with Gasteiger partial charge in [-0.25, -0.2) is 0 Å². The van der Waals surface area contributed by atoms with Crippen molar-refractivity contribution in [1.29, 1.82) is 0 Å². The van der Waals surface area contributed by atoms with Gasteiger partial charge in [-0.15, -0.1) is 0 Å². The minimum atomic E-state index is -0.899. The Hall–Kier alpha value is -3.14. The van der Waals surface area contributed by atoms with Crippen molar-refractivity contribution in [1.82, 2.24) is 5.32 Å². The van der Waals surface area contributed by atoms with E-state index < -0.39 is 5.97 Å². The first-order chi connectivity index (χ1) is 13.1. The Labute approximate surface area is 157 Å². The van der Waals surface area contributed by atoms with Crippen LogP contribution in [-0.4, -0.2) is 23.5 Å². The maximum Gasteiger partial charge on any atom is 0.305 e. The molecule has 0 aromatic heterocycles. The quantitative estimate of drug-likeness (QED) is 0.478. The van der Waals surface area contributed by atoms with E-state index >= 15 is 0 Å². The second-order valence-electron chi connectivity index (χ2n) is 6.97. The molecule has 4 nitrogen and oxygen atoms in total. The SMILES string of the molecule is O=C(O)CCNC(=O)CCCc1cc2ccc3cccc4ccc(c1)c2c34. The van der Waals surface area contributed by atoms with Crippen molar-refractivity contribution in [2.75, 3.05) is 6.54 Å². The molecule has 136 valence electrons. The molecule has 0 bridgehead atoms. The highest BCUT2D eigenvalue weighted by atomic mass is 16.4. The normalized spacial score (nSPS) is 11.4. The van der Waals surface area contributed by atoms with E-state index in [1.165, 1.54) is 37.9 Å². The molecule has 0 saturated carbocycles. The summed E-state index contributed by atoms with van der Waals surface area (Å²) in [6, 6.07) is 19.5. The molecule has 4 aromatic carbocycles. The van der Waals surface area contributed by atoms with Gasteiger partial charge in [0.1, 0.15) is 0 Å². The fourth-order valence-corrected chi connectivity index (χ4v) is 3.81. The number of hydrogen-bond donors (Lipinski definition) is 2. The molecule has 27 heavy (non-hydrogen) atoms. The van der Waals surface area contributed by atoms with Crippen molar-refractivity contribution in [2.45, 2.75) is 25.7 Å². The lowest BCUT2D eigenvalue weighted by molar-refractivity contribution is -0.136. The first-order valence-corrected chi connectivity index (χ1v) is 9.27. The molecule has 0 fully saturated rings. The van der Waals surface area contributed by atoms with Gasteiger partial charge < -0.3 is 10.4 Å². The highest BCUT2D eigenvalue weighted by molar-refractivity contribution is 6.23. The van der Waals surface area contributed by atoms with Gasteiger partial charge in [-0.1, -0.05) is 54.6 Å². The highest BCUT2D eigenvalue weighted by Gasteiger charge is 2.09. The second-order valence-corrected chi connectivity index (χ2v) is 6.97. The Morgan fingerprint density at radius 1 is 0.815 bits per heavy atom. The first-order valence-electron chi connectivity index (χ1n) is 9.27. The van der Waals surface area contributed by atoms with Crippen LogP contribution in [0, 0.1) is 0 Å². The van der Waals surface area contributed by atoms with E-state index in [-0.39, 0.29) is 18.9 Å². The average molecular weight is 359 g/mol. The van der Waals surface area contributed by atoms with Crippen LogP contribution in [0.1, 0.15) is 24.8 Å². The largest absolute Gasteiger partial charge is 0.481 e. The van der Waals surface area contributed by atoms with Gasteiger partial charge in [-0.05, 0) is 50.7 Å². The third-order valence-electron chi connectivity index (χ3n) is 5.05. The molecule has 0 aliphatic rings. The third-order valence-corrected chi connectivity index (χ3v) is 5.05. The number of carbonyl (C=O) groups excluding carboxylic acids is 1. The van der Waals surface area contributed by atoms with E-state index in [2.05, 4.69) is 59.9 Å². The lowest BCUT2D eigenvalue weighted by Gasteiger charge is -2.12. The molecule has 0 aliphatic heterocycles. The third kappa shape index (κ3) is 3.56. The monoisotopic (exact) mass is 359 g/mol. The van der Waals surface area contributed by atoms with Gasteiger partial charge in [0, 0.05) is 13.0 Å². The average Bonchev–Trinajstić information content (AvgIpc) is 2.65. The van der Waals surface area contributed by atoms with E-state index in [4.69, 9.17) is 5.11 Å². The summed E-state index contributed by atoms with van der Waals surface area (Å²) in [6.45, 7) is 0.189. The molecule has 4 aromatic rings. The Bertz CT molecular complexity index is 1070. The van der Waals surface area contributed by atoms with Gasteiger partial charge in [0.15, 0.2) is 0 Å². The summed E-state index contributed by atoms with van der Waals surface area (Å²) in [5, 5.41) is 18.9. The number of carboxylic acid groups (broad SMARTS) is 1. The number of aryl methyl sites for hydroxylation is 1. The summed E-state index contributed by atoms with van der Waals surface area (Å²) in [5.74, 6) is -0.988. The van der Waals surface area contributed by atoms with E-state index in [0.29, 0.717) is 6.42 Å². The second kappa shape index (κ2) is 7.23. The van der Waals surface area contributed by atoms with Gasteiger partial charge in [-0.2, -0.15) is 0 Å². The molecule has 0 unspecified atom stereocenters. The maximum atomic E-state index is 11.8. The van der Waals surface area contributed by atoms with Crippen LogP contribution in [-0.2, 0) is 16.0 Å². The number of amides is 1. The predicted molar refractivity (Wildman–Crippen MR) is 108 cm³/mol. The van der Waals surface area contributed by atoms with Gasteiger partial charge in [0.2, 0.25) is 5.91 Å². The highest BCUT2D eigenvalue weighted by Crippen LogP contribution is 2.35. The van der Waals surface area contributed by atoms with Gasteiger partial charge in [-0.3, -0.25) is 9.59 Å². The van der Waals surface area contributed by atoms with Gasteiger partial charge >= 0.3 is 5.97 Å². The van der Waals surface area contributed by atoms with E-state index in [1.54, 1.807) is 0 Å². The van der Waals surface area contributed by atoms with Crippen molar-refractivity contribution in [2.24, 2.45) is 0 Å². The number of benzene rings is 4. The molecule has 0 radical (unpaired) electrons. The number of carbonyl (C=O) groups is 2. The zero-order valence-corrected chi connectivity index (χ0v) is 15.0. The van der Waals surface area contributed by atoms with Crippen LogP contribution >= 0.6 is 0 Å². The molecule has 0 saturated heterocycles. The molecular weight excluding hydrogens is 338 g/mol. The topological polar surface area (TPSA) is 66.4 Å². The summed E-state index contributed by atoms with van der Waals surface area (Å²) >= 11 is 0. The fraction of sp³-hybridized carbons (Fsp3) is 0.217. The summed E-state index contributed by atoms with van der Waals surface area (Å²) in [4.78, 5) is 22.3. The standard InChI is InChI=1S/C23H21NO3/c25-20(24-12-11-21(26)27)6-1-3-15-13-18-9-7-16-4-2-5-17-8-10-19(14-15)23(18)22(16)17/h2,4-5,7-10,13-14H,1,3,6,11-12H2,(H,24,25)(H,26,27). The molecule has 2 N–H and O–H groups in total. The number of aliphatic carboxylic acids is 1. The lowest BCUT2D eigenvalue weighted by Crippen LogP contribution is -2.25. The van der Waals surface area contributed by atoms with Crippen LogP contribution in [0.4, 0.5) is 0 Å². The smallest absolute Gasteiger partial charge is 0.305 e. The molecule has 0 spiro atoms. The van der Waals surface area contributed by atoms with Crippen molar-refractivity contribution in [3.05, 3.63) is 60.2 Å². The first kappa shape index (κ1) is 17.3. The summed E-state index contributed by atoms with van der Waals surface area (Å²) in [7, 11) is 0. The van der Waals surface area contributed by atoms with Crippen LogP contribution in [0.3, 0.4) is 0 Å².